The number of likely N-dealkylation sites (N-methyl/N-ethyl adjacent to an activating group) is 1. The molecule has 1 heterocycles. The lowest BCUT2D eigenvalue weighted by Gasteiger charge is -2.35. The van der Waals surface area contributed by atoms with Crippen molar-refractivity contribution in [1.29, 1.82) is 0 Å². The van der Waals surface area contributed by atoms with Gasteiger partial charge in [0.05, 0.1) is 18.1 Å². The van der Waals surface area contributed by atoms with Gasteiger partial charge >= 0.3 is 0 Å². The monoisotopic (exact) mass is 328 g/mol. The van der Waals surface area contributed by atoms with Crippen LogP contribution in [0.2, 0.25) is 0 Å². The average molecular weight is 328 g/mol. The Morgan fingerprint density at radius 1 is 1.05 bits per heavy atom. The number of nitrogens with zero attached hydrogens (tertiary/aromatic N) is 2. The number of rotatable bonds is 6. The van der Waals surface area contributed by atoms with Gasteiger partial charge in [-0.3, -0.25) is 9.69 Å². The molecule has 0 radical (unpaired) electrons. The summed E-state index contributed by atoms with van der Waals surface area (Å²) in [4.78, 5) is 17.0. The van der Waals surface area contributed by atoms with Crippen molar-refractivity contribution >= 4 is 15.7 Å². The van der Waals surface area contributed by atoms with Gasteiger partial charge in [-0.1, -0.05) is 0 Å². The van der Waals surface area contributed by atoms with E-state index in [0.717, 1.165) is 12.8 Å². The minimum Gasteiger partial charge on any atom is -0.336 e. The molecule has 126 valence electrons. The zero-order valence-corrected chi connectivity index (χ0v) is 14.5. The van der Waals surface area contributed by atoms with Crippen molar-refractivity contribution in [2.24, 2.45) is 5.92 Å². The summed E-state index contributed by atoms with van der Waals surface area (Å²) < 4.78 is 23.0. The molecule has 2 saturated carbocycles. The maximum atomic E-state index is 12.7. The lowest BCUT2D eigenvalue weighted by molar-refractivity contribution is -0.135. The van der Waals surface area contributed by atoms with Gasteiger partial charge in [0.1, 0.15) is 9.84 Å². The quantitative estimate of drug-likeness (QED) is 0.737. The maximum Gasteiger partial charge on any atom is 0.237 e. The van der Waals surface area contributed by atoms with E-state index in [1.165, 1.54) is 12.8 Å². The van der Waals surface area contributed by atoms with Crippen LogP contribution in [0.15, 0.2) is 0 Å². The molecule has 5 nitrogen and oxygen atoms in total. The fourth-order valence-electron chi connectivity index (χ4n) is 3.66. The van der Waals surface area contributed by atoms with Crippen LogP contribution < -0.4 is 0 Å². The molecule has 1 aliphatic heterocycles. The zero-order chi connectivity index (χ0) is 15.9. The Kier molecular flexibility index (Phi) is 4.52. The van der Waals surface area contributed by atoms with Crippen LogP contribution in [0, 0.1) is 5.92 Å². The predicted molar refractivity (Wildman–Crippen MR) is 86.4 cm³/mol. The molecule has 3 rings (SSSR count). The summed E-state index contributed by atoms with van der Waals surface area (Å²) in [5.41, 5.74) is 0. The normalized spacial score (nSPS) is 26.9. The molecule has 1 unspecified atom stereocenters. The third-order valence-electron chi connectivity index (χ3n) is 5.50. The van der Waals surface area contributed by atoms with E-state index in [9.17, 15) is 13.2 Å². The average Bonchev–Trinajstić information content (AvgIpc) is 3.31. The molecule has 0 spiro atoms. The van der Waals surface area contributed by atoms with Crippen LogP contribution in [0.4, 0.5) is 0 Å². The molecule has 0 N–H and O–H groups in total. The number of carbonyl (C=O) groups is 1. The minimum atomic E-state index is -2.84. The van der Waals surface area contributed by atoms with E-state index in [-0.39, 0.29) is 23.5 Å². The first-order valence-electron chi connectivity index (χ1n) is 8.59. The van der Waals surface area contributed by atoms with E-state index in [1.54, 1.807) is 0 Å². The van der Waals surface area contributed by atoms with Gasteiger partial charge in [-0.2, -0.15) is 0 Å². The fraction of sp³-hybridized carbons (Fsp3) is 0.938. The smallest absolute Gasteiger partial charge is 0.237 e. The van der Waals surface area contributed by atoms with Crippen LogP contribution in [-0.2, 0) is 14.6 Å². The Balaban J connectivity index is 1.55. The van der Waals surface area contributed by atoms with Crippen molar-refractivity contribution < 1.29 is 13.2 Å². The Labute approximate surface area is 134 Å². The highest BCUT2D eigenvalue weighted by Crippen LogP contribution is 2.39. The second-order valence-corrected chi connectivity index (χ2v) is 9.71. The van der Waals surface area contributed by atoms with Crippen molar-refractivity contribution in [2.75, 3.05) is 25.1 Å². The molecular formula is C16H28N2O3S. The molecule has 0 aromatic heterocycles. The molecular weight excluding hydrogens is 300 g/mol. The molecule has 22 heavy (non-hydrogen) atoms. The summed E-state index contributed by atoms with van der Waals surface area (Å²) >= 11 is 0. The van der Waals surface area contributed by atoms with Gasteiger partial charge < -0.3 is 4.90 Å². The maximum absolute atomic E-state index is 12.7. The first-order chi connectivity index (χ1) is 10.4. The van der Waals surface area contributed by atoms with Gasteiger partial charge in [0, 0.05) is 18.1 Å². The minimum absolute atomic E-state index is 0.227. The Bertz CT molecular complexity index is 512. The van der Waals surface area contributed by atoms with Gasteiger partial charge in [-0.15, -0.1) is 0 Å². The molecule has 3 aliphatic rings. The van der Waals surface area contributed by atoms with E-state index >= 15 is 0 Å². The second-order valence-electron chi connectivity index (χ2n) is 7.41. The van der Waals surface area contributed by atoms with E-state index in [2.05, 4.69) is 16.7 Å². The molecule has 1 saturated heterocycles. The lowest BCUT2D eigenvalue weighted by atomic mass is 10.1. The van der Waals surface area contributed by atoms with Gasteiger partial charge in [0.25, 0.3) is 0 Å². The number of carbonyl (C=O) groups excluding carboxylic acids is 1. The molecule has 0 aromatic carbocycles. The third kappa shape index (κ3) is 3.82. The number of hydrogen-bond donors (Lipinski definition) is 0. The van der Waals surface area contributed by atoms with Crippen LogP contribution >= 0.6 is 0 Å². The molecule has 6 heteroatoms. The van der Waals surface area contributed by atoms with Gasteiger partial charge in [0.15, 0.2) is 0 Å². The predicted octanol–water partition coefficient (Wildman–Crippen LogP) is 1.28. The van der Waals surface area contributed by atoms with Crippen molar-refractivity contribution in [3.05, 3.63) is 0 Å². The number of hydrogen-bond acceptors (Lipinski definition) is 4. The SMILES string of the molecule is CC(C1CC1)N(C(=O)CN(C)C1CCS(=O)(=O)CC1)C1CC1. The van der Waals surface area contributed by atoms with Crippen molar-refractivity contribution in [1.82, 2.24) is 9.80 Å². The molecule has 2 aliphatic carbocycles. The summed E-state index contributed by atoms with van der Waals surface area (Å²) in [5.74, 6) is 1.47. The number of sulfone groups is 1. The molecule has 1 amide bonds. The van der Waals surface area contributed by atoms with E-state index < -0.39 is 9.84 Å². The van der Waals surface area contributed by atoms with Gasteiger partial charge in [-0.05, 0) is 58.4 Å². The second kappa shape index (κ2) is 6.11. The summed E-state index contributed by atoms with van der Waals surface area (Å²) in [7, 11) is -0.870. The van der Waals surface area contributed by atoms with Crippen LogP contribution in [0.1, 0.15) is 45.4 Å². The first kappa shape index (κ1) is 16.2. The molecule has 3 fully saturated rings. The zero-order valence-electron chi connectivity index (χ0n) is 13.7. The summed E-state index contributed by atoms with van der Waals surface area (Å²) in [6.07, 6.45) is 6.13. The highest BCUT2D eigenvalue weighted by atomic mass is 32.2. The lowest BCUT2D eigenvalue weighted by Crippen LogP contribution is -2.49. The molecule has 1 atom stereocenters. The van der Waals surface area contributed by atoms with Crippen LogP contribution in [0.25, 0.3) is 0 Å². The molecule has 0 bridgehead atoms. The Morgan fingerprint density at radius 2 is 1.64 bits per heavy atom. The Hall–Kier alpha value is -0.620. The number of amides is 1. The van der Waals surface area contributed by atoms with Gasteiger partial charge in [0.2, 0.25) is 5.91 Å². The topological polar surface area (TPSA) is 57.7 Å². The van der Waals surface area contributed by atoms with Crippen molar-refractivity contribution in [3.8, 4) is 0 Å². The van der Waals surface area contributed by atoms with Crippen LogP contribution in [0.5, 0.6) is 0 Å². The standard InChI is InChI=1S/C16H28N2O3S/c1-12(13-3-4-13)18(15-5-6-15)16(19)11-17(2)14-7-9-22(20,21)10-8-14/h12-15H,3-11H2,1-2H3. The van der Waals surface area contributed by atoms with E-state index in [4.69, 9.17) is 0 Å². The van der Waals surface area contributed by atoms with E-state index in [0.29, 0.717) is 37.4 Å². The first-order valence-corrected chi connectivity index (χ1v) is 10.4. The Morgan fingerprint density at radius 3 is 2.14 bits per heavy atom. The summed E-state index contributed by atoms with van der Waals surface area (Å²) in [5, 5.41) is 0. The van der Waals surface area contributed by atoms with Crippen LogP contribution in [0.3, 0.4) is 0 Å². The largest absolute Gasteiger partial charge is 0.336 e. The third-order valence-corrected chi connectivity index (χ3v) is 7.22. The molecule has 0 aromatic rings. The van der Waals surface area contributed by atoms with Crippen molar-refractivity contribution in [2.45, 2.75) is 63.6 Å². The highest BCUT2D eigenvalue weighted by Gasteiger charge is 2.42. The van der Waals surface area contributed by atoms with Crippen molar-refractivity contribution in [3.63, 3.8) is 0 Å². The summed E-state index contributed by atoms with van der Waals surface area (Å²) in [6, 6.07) is 1.06. The van der Waals surface area contributed by atoms with Gasteiger partial charge in [-0.25, -0.2) is 8.42 Å². The fourth-order valence-corrected chi connectivity index (χ4v) is 5.13. The highest BCUT2D eigenvalue weighted by molar-refractivity contribution is 7.91. The summed E-state index contributed by atoms with van der Waals surface area (Å²) in [6.45, 7) is 2.62. The van der Waals surface area contributed by atoms with E-state index in [1.807, 2.05) is 7.05 Å². The van der Waals surface area contributed by atoms with Crippen LogP contribution in [-0.4, -0.2) is 67.3 Å².